The highest BCUT2D eigenvalue weighted by molar-refractivity contribution is 9.10. The number of nitrogens with zero attached hydrogens (tertiary/aromatic N) is 1. The van der Waals surface area contributed by atoms with Crippen molar-refractivity contribution < 1.29 is 14.3 Å². The number of carbonyl (C=O) groups excluding carboxylic acids is 2. The molecule has 2 rings (SSSR count). The minimum atomic E-state index is -0.489. The molecule has 98 valence electrons. The highest BCUT2D eigenvalue weighted by atomic mass is 79.9. The number of hydrogen-bond acceptors (Lipinski definition) is 4. The molecular weight excluding hydrogens is 318 g/mol. The Hall–Kier alpha value is -0.880. The summed E-state index contributed by atoms with van der Waals surface area (Å²) in [5.41, 5.74) is 0.941. The maximum absolute atomic E-state index is 12.1. The van der Waals surface area contributed by atoms with Gasteiger partial charge in [0, 0.05) is 17.8 Å². The van der Waals surface area contributed by atoms with Gasteiger partial charge in [0.2, 0.25) is 5.91 Å². The summed E-state index contributed by atoms with van der Waals surface area (Å²) in [7, 11) is 1.34. The van der Waals surface area contributed by atoms with Crippen molar-refractivity contribution in [3.8, 4) is 0 Å². The first-order valence-electron chi connectivity index (χ1n) is 5.72. The smallest absolute Gasteiger partial charge is 0.321 e. The summed E-state index contributed by atoms with van der Waals surface area (Å²) in [5.74, 6) is -0.288. The second-order valence-corrected chi connectivity index (χ2v) is 6.18. The van der Waals surface area contributed by atoms with Crippen LogP contribution in [0.1, 0.15) is 17.7 Å². The van der Waals surface area contributed by atoms with Crippen LogP contribution in [0.25, 0.3) is 0 Å². The molecule has 4 nitrogen and oxygen atoms in total. The first kappa shape index (κ1) is 13.5. The van der Waals surface area contributed by atoms with E-state index in [4.69, 9.17) is 0 Å². The number of fused-ring (bicyclic) bond motifs is 1. The number of alkyl halides is 1. The average Bonchev–Trinajstić information content (AvgIpc) is 2.77. The molecule has 0 aromatic carbocycles. The number of rotatable bonds is 3. The third-order valence-electron chi connectivity index (χ3n) is 2.91. The molecule has 0 radical (unpaired) electrons. The lowest BCUT2D eigenvalue weighted by Gasteiger charge is -2.23. The minimum Gasteiger partial charge on any atom is -0.468 e. The van der Waals surface area contributed by atoms with Crippen molar-refractivity contribution in [2.24, 2.45) is 0 Å². The molecule has 1 aromatic heterocycles. The van der Waals surface area contributed by atoms with Gasteiger partial charge in [-0.1, -0.05) is 15.9 Å². The van der Waals surface area contributed by atoms with Crippen LogP contribution in [0.3, 0.4) is 0 Å². The van der Waals surface area contributed by atoms with Gasteiger partial charge < -0.3 is 9.64 Å². The molecule has 0 aliphatic carbocycles. The molecule has 0 saturated carbocycles. The summed E-state index contributed by atoms with van der Waals surface area (Å²) in [6, 6.07) is 1.94. The monoisotopic (exact) mass is 331 g/mol. The van der Waals surface area contributed by atoms with Crippen LogP contribution in [0.5, 0.6) is 0 Å². The first-order chi connectivity index (χ1) is 8.63. The van der Waals surface area contributed by atoms with Crippen molar-refractivity contribution in [1.82, 2.24) is 0 Å². The lowest BCUT2D eigenvalue weighted by Crippen LogP contribution is -2.38. The first-order valence-corrected chi connectivity index (χ1v) is 7.51. The number of amides is 1. The van der Waals surface area contributed by atoms with E-state index in [1.165, 1.54) is 12.0 Å². The molecule has 0 N–H and O–H groups in total. The van der Waals surface area contributed by atoms with Gasteiger partial charge in [0.15, 0.2) is 0 Å². The molecular formula is C12H14BrNO3S. The average molecular weight is 332 g/mol. The Morgan fingerprint density at radius 3 is 3.11 bits per heavy atom. The van der Waals surface area contributed by atoms with Gasteiger partial charge >= 0.3 is 5.97 Å². The third-order valence-corrected chi connectivity index (χ3v) is 4.54. The van der Waals surface area contributed by atoms with Crippen molar-refractivity contribution in [3.63, 3.8) is 0 Å². The van der Waals surface area contributed by atoms with Gasteiger partial charge in [-0.25, -0.2) is 0 Å². The summed E-state index contributed by atoms with van der Waals surface area (Å²) >= 11 is 4.93. The van der Waals surface area contributed by atoms with E-state index in [1.807, 2.05) is 11.4 Å². The molecule has 0 bridgehead atoms. The summed E-state index contributed by atoms with van der Waals surface area (Å²) in [6.07, 6.45) is 2.33. The largest absolute Gasteiger partial charge is 0.468 e. The molecule has 0 spiro atoms. The predicted molar refractivity (Wildman–Crippen MR) is 74.3 cm³/mol. The maximum atomic E-state index is 12.1. The zero-order chi connectivity index (χ0) is 13.1. The number of halogens is 1. The predicted octanol–water partition coefficient (Wildman–Crippen LogP) is 2.35. The highest BCUT2D eigenvalue weighted by Crippen LogP contribution is 2.32. The number of anilines is 1. The number of aryl methyl sites for hydroxylation is 1. The van der Waals surface area contributed by atoms with Crippen LogP contribution in [0.4, 0.5) is 5.69 Å². The molecule has 0 fully saturated rings. The van der Waals surface area contributed by atoms with Crippen LogP contribution < -0.4 is 4.90 Å². The van der Waals surface area contributed by atoms with E-state index < -0.39 is 4.83 Å². The van der Waals surface area contributed by atoms with Crippen LogP contribution in [0.2, 0.25) is 0 Å². The summed E-state index contributed by atoms with van der Waals surface area (Å²) in [5, 5.41) is 1.98. The quantitative estimate of drug-likeness (QED) is 0.631. The van der Waals surface area contributed by atoms with E-state index in [9.17, 15) is 9.59 Å². The zero-order valence-corrected chi connectivity index (χ0v) is 12.4. The molecule has 1 unspecified atom stereocenters. The van der Waals surface area contributed by atoms with Crippen molar-refractivity contribution >= 4 is 44.8 Å². The van der Waals surface area contributed by atoms with E-state index in [0.29, 0.717) is 13.0 Å². The molecule has 1 aromatic rings. The Kier molecular flexibility index (Phi) is 4.40. The van der Waals surface area contributed by atoms with Gasteiger partial charge in [-0.05, 0) is 24.3 Å². The van der Waals surface area contributed by atoms with Gasteiger partial charge in [0.25, 0.3) is 0 Å². The van der Waals surface area contributed by atoms with Crippen LogP contribution >= 0.6 is 27.3 Å². The van der Waals surface area contributed by atoms with E-state index in [2.05, 4.69) is 20.7 Å². The molecule has 1 atom stereocenters. The standard InChI is InChI=1S/C12H14BrNO3S/c1-17-12(16)8(13)7-14-9-5-6-18-10(9)3-2-4-11(14)15/h5-6,8H,2-4,7H2,1H3. The molecule has 2 heterocycles. The number of ether oxygens (including phenoxy) is 1. The second kappa shape index (κ2) is 5.84. The number of thiophene rings is 1. The van der Waals surface area contributed by atoms with Crippen LogP contribution in [0, 0.1) is 0 Å². The highest BCUT2D eigenvalue weighted by Gasteiger charge is 2.27. The Morgan fingerprint density at radius 1 is 1.61 bits per heavy atom. The minimum absolute atomic E-state index is 0.0699. The number of esters is 1. The van der Waals surface area contributed by atoms with E-state index in [-0.39, 0.29) is 11.9 Å². The van der Waals surface area contributed by atoms with Crippen LogP contribution in [-0.4, -0.2) is 30.4 Å². The van der Waals surface area contributed by atoms with Crippen molar-refractivity contribution in [2.75, 3.05) is 18.6 Å². The molecule has 6 heteroatoms. The van der Waals surface area contributed by atoms with Crippen molar-refractivity contribution in [3.05, 3.63) is 16.3 Å². The Balaban J connectivity index is 2.20. The fourth-order valence-corrected chi connectivity index (χ4v) is 3.39. The van der Waals surface area contributed by atoms with Crippen molar-refractivity contribution in [2.45, 2.75) is 24.1 Å². The molecule has 1 aliphatic heterocycles. The zero-order valence-electron chi connectivity index (χ0n) is 10.0. The molecule has 0 saturated heterocycles. The lowest BCUT2D eigenvalue weighted by molar-refractivity contribution is -0.139. The van der Waals surface area contributed by atoms with Crippen LogP contribution in [0.15, 0.2) is 11.4 Å². The topological polar surface area (TPSA) is 46.6 Å². The Labute approximate surface area is 118 Å². The van der Waals surface area contributed by atoms with Gasteiger partial charge in [-0.15, -0.1) is 11.3 Å². The molecule has 18 heavy (non-hydrogen) atoms. The fourth-order valence-electron chi connectivity index (χ4n) is 1.99. The number of methoxy groups -OCH3 is 1. The number of hydrogen-bond donors (Lipinski definition) is 0. The summed E-state index contributed by atoms with van der Waals surface area (Å²) in [4.78, 5) is 25.9. The molecule has 1 aliphatic rings. The van der Waals surface area contributed by atoms with Crippen molar-refractivity contribution in [1.29, 1.82) is 0 Å². The van der Waals surface area contributed by atoms with E-state index in [0.717, 1.165) is 18.5 Å². The second-order valence-electron chi connectivity index (χ2n) is 4.08. The fraction of sp³-hybridized carbons (Fsp3) is 0.500. The van der Waals surface area contributed by atoms with Crippen LogP contribution in [-0.2, 0) is 20.7 Å². The van der Waals surface area contributed by atoms with Gasteiger partial charge in [0.05, 0.1) is 12.8 Å². The Morgan fingerprint density at radius 2 is 2.39 bits per heavy atom. The lowest BCUT2D eigenvalue weighted by atomic mass is 10.2. The summed E-state index contributed by atoms with van der Waals surface area (Å²) < 4.78 is 4.67. The number of carbonyl (C=O) groups is 2. The van der Waals surface area contributed by atoms with Gasteiger partial charge in [-0.2, -0.15) is 0 Å². The maximum Gasteiger partial charge on any atom is 0.321 e. The van der Waals surface area contributed by atoms with Gasteiger partial charge in [-0.3, -0.25) is 9.59 Å². The third kappa shape index (κ3) is 2.75. The molecule has 1 amide bonds. The SMILES string of the molecule is COC(=O)C(Br)CN1C(=O)CCCc2sccc21. The van der Waals surface area contributed by atoms with Gasteiger partial charge in [0.1, 0.15) is 4.83 Å². The summed E-state index contributed by atoms with van der Waals surface area (Å²) in [6.45, 7) is 0.315. The Bertz CT molecular complexity index is 460. The van der Waals surface area contributed by atoms with E-state index in [1.54, 1.807) is 16.2 Å². The van der Waals surface area contributed by atoms with E-state index >= 15 is 0 Å². The normalized spacial score (nSPS) is 17.0.